The number of aliphatic hydroxyl groups excluding tert-OH is 2. The van der Waals surface area contributed by atoms with Gasteiger partial charge in [-0.2, -0.15) is 0 Å². The molecule has 3 heterocycles. The number of anilines is 3. The highest BCUT2D eigenvalue weighted by molar-refractivity contribution is 5.93. The van der Waals surface area contributed by atoms with E-state index in [1.54, 1.807) is 24.5 Å². The predicted molar refractivity (Wildman–Crippen MR) is 119 cm³/mol. The molecule has 0 bridgehead atoms. The largest absolute Gasteiger partial charge is 0.395 e. The van der Waals surface area contributed by atoms with Gasteiger partial charge in [-0.15, -0.1) is 0 Å². The highest BCUT2D eigenvalue weighted by Gasteiger charge is 2.17. The maximum absolute atomic E-state index is 13.0. The van der Waals surface area contributed by atoms with Crippen LogP contribution in [0.2, 0.25) is 0 Å². The van der Waals surface area contributed by atoms with Crippen molar-refractivity contribution in [3.63, 3.8) is 0 Å². The molecule has 4 N–H and O–H groups in total. The molecular formula is C22H29N5O3. The fraction of sp³-hybridized carbons (Fsp3) is 0.409. The zero-order valence-electron chi connectivity index (χ0n) is 17.9. The average molecular weight is 412 g/mol. The Hall–Kier alpha value is -2.97. The minimum atomic E-state index is -0.312. The topological polar surface area (TPSA) is 112 Å². The first-order valence-corrected chi connectivity index (χ1v) is 10.0. The third kappa shape index (κ3) is 4.77. The van der Waals surface area contributed by atoms with Gasteiger partial charge in [-0.1, -0.05) is 6.92 Å². The molecule has 0 aromatic carbocycles. The molecule has 3 rings (SSSR count). The van der Waals surface area contributed by atoms with Crippen molar-refractivity contribution in [3.05, 3.63) is 52.1 Å². The van der Waals surface area contributed by atoms with E-state index in [1.807, 2.05) is 33.8 Å². The average Bonchev–Trinajstić information content (AvgIpc) is 2.68. The second-order valence-corrected chi connectivity index (χ2v) is 8.21. The highest BCUT2D eigenvalue weighted by atomic mass is 16.3. The van der Waals surface area contributed by atoms with E-state index in [0.29, 0.717) is 22.8 Å². The molecule has 3 aromatic heterocycles. The number of nitrogens with zero attached hydrogens (tertiary/aromatic N) is 3. The van der Waals surface area contributed by atoms with Crippen LogP contribution in [-0.4, -0.2) is 36.9 Å². The molecule has 160 valence electrons. The molecule has 0 amide bonds. The van der Waals surface area contributed by atoms with Crippen molar-refractivity contribution >= 4 is 28.2 Å². The first kappa shape index (κ1) is 21.7. The number of rotatable bonds is 7. The second-order valence-electron chi connectivity index (χ2n) is 8.21. The Morgan fingerprint density at radius 1 is 1.13 bits per heavy atom. The molecule has 3 aromatic rings. The summed E-state index contributed by atoms with van der Waals surface area (Å²) >= 11 is 0. The van der Waals surface area contributed by atoms with Crippen LogP contribution in [0.25, 0.3) is 10.8 Å². The van der Waals surface area contributed by atoms with E-state index in [1.165, 1.54) is 4.57 Å². The summed E-state index contributed by atoms with van der Waals surface area (Å²) < 4.78 is 1.48. The summed E-state index contributed by atoms with van der Waals surface area (Å²) in [5.41, 5.74) is 1.29. The molecular weight excluding hydrogens is 382 g/mol. The Balaban J connectivity index is 2.10. The first-order chi connectivity index (χ1) is 14.3. The molecule has 0 aliphatic rings. The third-order valence-corrected chi connectivity index (χ3v) is 4.68. The molecule has 0 aliphatic heterocycles. The molecule has 0 saturated heterocycles. The van der Waals surface area contributed by atoms with Gasteiger partial charge >= 0.3 is 0 Å². The fourth-order valence-electron chi connectivity index (χ4n) is 3.29. The van der Waals surface area contributed by atoms with Gasteiger partial charge in [0.2, 0.25) is 0 Å². The summed E-state index contributed by atoms with van der Waals surface area (Å²) in [6.07, 6.45) is 4.21. The highest BCUT2D eigenvalue weighted by Crippen LogP contribution is 2.26. The number of fused-ring (bicyclic) bond motifs is 1. The summed E-state index contributed by atoms with van der Waals surface area (Å²) in [5, 5.41) is 26.5. The molecule has 30 heavy (non-hydrogen) atoms. The Kier molecular flexibility index (Phi) is 6.38. The van der Waals surface area contributed by atoms with Crippen molar-refractivity contribution in [3.8, 4) is 0 Å². The van der Waals surface area contributed by atoms with Crippen LogP contribution in [-0.2, 0) is 19.6 Å². The lowest BCUT2D eigenvalue weighted by molar-refractivity contribution is 0.274. The number of nitrogens with one attached hydrogen (secondary N) is 2. The van der Waals surface area contributed by atoms with Gasteiger partial charge in [0.05, 0.1) is 18.6 Å². The van der Waals surface area contributed by atoms with E-state index < -0.39 is 0 Å². The van der Waals surface area contributed by atoms with Crippen LogP contribution < -0.4 is 16.2 Å². The van der Waals surface area contributed by atoms with E-state index in [2.05, 4.69) is 20.6 Å². The molecule has 8 heteroatoms. The van der Waals surface area contributed by atoms with Gasteiger partial charge in [0.1, 0.15) is 17.5 Å². The van der Waals surface area contributed by atoms with Crippen molar-refractivity contribution in [2.24, 2.45) is 0 Å². The number of aliphatic hydroxyl groups is 2. The van der Waals surface area contributed by atoms with Crippen molar-refractivity contribution in [1.29, 1.82) is 0 Å². The molecule has 0 spiro atoms. The predicted octanol–water partition coefficient (Wildman–Crippen LogP) is 2.79. The Labute approximate surface area is 175 Å². The SMILES string of the molecule is CCc1cnc(Nc2cc3ccn(CCO)c(=O)c3c(NC(C)(C)C)n2)cc1CO. The van der Waals surface area contributed by atoms with Crippen molar-refractivity contribution in [2.45, 2.75) is 52.8 Å². The number of hydrogen-bond acceptors (Lipinski definition) is 7. The van der Waals surface area contributed by atoms with Gasteiger partial charge in [-0.25, -0.2) is 9.97 Å². The Bertz CT molecular complexity index is 1100. The number of hydrogen-bond donors (Lipinski definition) is 4. The smallest absolute Gasteiger partial charge is 0.262 e. The van der Waals surface area contributed by atoms with Crippen LogP contribution in [0.1, 0.15) is 38.8 Å². The van der Waals surface area contributed by atoms with Gasteiger partial charge in [0.25, 0.3) is 5.56 Å². The van der Waals surface area contributed by atoms with E-state index in [9.17, 15) is 15.0 Å². The van der Waals surface area contributed by atoms with Crippen LogP contribution >= 0.6 is 0 Å². The Morgan fingerprint density at radius 2 is 1.90 bits per heavy atom. The molecule has 0 saturated carbocycles. The second kappa shape index (κ2) is 8.81. The van der Waals surface area contributed by atoms with E-state index >= 15 is 0 Å². The van der Waals surface area contributed by atoms with Crippen LogP contribution in [0.15, 0.2) is 35.4 Å². The van der Waals surface area contributed by atoms with Crippen molar-refractivity contribution < 1.29 is 10.2 Å². The third-order valence-electron chi connectivity index (χ3n) is 4.68. The van der Waals surface area contributed by atoms with Gasteiger partial charge in [0.15, 0.2) is 0 Å². The monoisotopic (exact) mass is 411 g/mol. The lowest BCUT2D eigenvalue weighted by atomic mass is 10.1. The maximum Gasteiger partial charge on any atom is 0.262 e. The molecule has 0 radical (unpaired) electrons. The molecule has 0 atom stereocenters. The number of pyridine rings is 3. The van der Waals surface area contributed by atoms with E-state index in [-0.39, 0.29) is 30.9 Å². The number of aromatic nitrogens is 3. The van der Waals surface area contributed by atoms with Gasteiger partial charge < -0.3 is 25.4 Å². The normalized spacial score (nSPS) is 11.7. The van der Waals surface area contributed by atoms with Crippen LogP contribution in [0.4, 0.5) is 17.5 Å². The maximum atomic E-state index is 13.0. The molecule has 8 nitrogen and oxygen atoms in total. The van der Waals surface area contributed by atoms with E-state index in [0.717, 1.165) is 22.9 Å². The lowest BCUT2D eigenvalue weighted by Crippen LogP contribution is -2.29. The molecule has 0 aliphatic carbocycles. The van der Waals surface area contributed by atoms with Gasteiger partial charge in [-0.05, 0) is 61.9 Å². The van der Waals surface area contributed by atoms with Crippen LogP contribution in [0.3, 0.4) is 0 Å². The quantitative estimate of drug-likeness (QED) is 0.473. The Morgan fingerprint density at radius 3 is 2.53 bits per heavy atom. The zero-order chi connectivity index (χ0) is 21.9. The van der Waals surface area contributed by atoms with Crippen molar-refractivity contribution in [2.75, 3.05) is 17.2 Å². The minimum Gasteiger partial charge on any atom is -0.395 e. The van der Waals surface area contributed by atoms with Crippen LogP contribution in [0, 0.1) is 0 Å². The zero-order valence-corrected chi connectivity index (χ0v) is 17.9. The summed E-state index contributed by atoms with van der Waals surface area (Å²) in [7, 11) is 0. The number of aryl methyl sites for hydroxylation is 1. The summed E-state index contributed by atoms with van der Waals surface area (Å²) in [6.45, 7) is 8.04. The first-order valence-electron chi connectivity index (χ1n) is 10.0. The minimum absolute atomic E-state index is 0.0627. The summed E-state index contributed by atoms with van der Waals surface area (Å²) in [5.74, 6) is 1.57. The van der Waals surface area contributed by atoms with Gasteiger partial charge in [0, 0.05) is 24.5 Å². The van der Waals surface area contributed by atoms with Gasteiger partial charge in [-0.3, -0.25) is 4.79 Å². The molecule has 0 fully saturated rings. The fourth-order valence-corrected chi connectivity index (χ4v) is 3.29. The summed E-state index contributed by atoms with van der Waals surface area (Å²) in [4.78, 5) is 22.0. The van der Waals surface area contributed by atoms with Crippen molar-refractivity contribution in [1.82, 2.24) is 14.5 Å². The standard InChI is InChI=1S/C22H29N5O3/c1-5-14-12-23-17(11-16(14)13-29)24-18-10-15-6-7-27(8-9-28)21(30)19(15)20(25-18)26-22(2,3)4/h6-7,10-12,28-29H,5,8-9,13H2,1-4H3,(H2,23,24,25,26). The van der Waals surface area contributed by atoms with Crippen LogP contribution in [0.5, 0.6) is 0 Å². The molecule has 0 unspecified atom stereocenters. The summed E-state index contributed by atoms with van der Waals surface area (Å²) in [6, 6.07) is 5.43. The lowest BCUT2D eigenvalue weighted by Gasteiger charge is -2.23. The van der Waals surface area contributed by atoms with E-state index in [4.69, 9.17) is 0 Å².